The van der Waals surface area contributed by atoms with Gasteiger partial charge in [-0.25, -0.2) is 0 Å². The van der Waals surface area contributed by atoms with Gasteiger partial charge in [-0.1, -0.05) is 11.6 Å². The van der Waals surface area contributed by atoms with Crippen molar-refractivity contribution in [1.82, 2.24) is 0 Å². The van der Waals surface area contributed by atoms with Crippen molar-refractivity contribution in [1.29, 1.82) is 0 Å². The zero-order chi connectivity index (χ0) is 17.6. The van der Waals surface area contributed by atoms with Crippen molar-refractivity contribution in [2.24, 2.45) is 5.73 Å². The lowest BCUT2D eigenvalue weighted by Gasteiger charge is -2.18. The Hall–Kier alpha value is -3.05. The number of hydrogen-bond donors (Lipinski definition) is 1. The number of benzene rings is 2. The smallest absolute Gasteiger partial charge is 0.248 e. The highest BCUT2D eigenvalue weighted by Gasteiger charge is 2.41. The molecule has 0 fully saturated rings. The van der Waals surface area contributed by atoms with E-state index in [2.05, 4.69) is 0 Å². The Morgan fingerprint density at radius 2 is 1.88 bits per heavy atom. The molecule has 0 bridgehead atoms. The molecule has 0 radical (unpaired) electrons. The van der Waals surface area contributed by atoms with Crippen LogP contribution >= 0.6 is 11.6 Å². The molecule has 2 N–H and O–H groups in total. The molecule has 3 aromatic rings. The first-order valence-corrected chi connectivity index (χ1v) is 8.01. The number of anilines is 2. The number of rotatable bonds is 3. The number of halogens is 1. The Morgan fingerprint density at radius 1 is 1.12 bits per heavy atom. The van der Waals surface area contributed by atoms with Crippen LogP contribution in [0.1, 0.15) is 27.6 Å². The zero-order valence-electron chi connectivity index (χ0n) is 13.0. The number of nitrogens with two attached hydrogens (primary N) is 1. The maximum atomic E-state index is 13.1. The molecular formula is C19H13ClN2O3. The number of primary amides is 1. The average Bonchev–Trinajstić information content (AvgIpc) is 3.20. The lowest BCUT2D eigenvalue weighted by atomic mass is 9.96. The fourth-order valence-corrected chi connectivity index (χ4v) is 3.24. The van der Waals surface area contributed by atoms with Crippen LogP contribution < -0.4 is 10.6 Å². The van der Waals surface area contributed by atoms with E-state index in [1.165, 1.54) is 6.26 Å². The van der Waals surface area contributed by atoms with Crippen molar-refractivity contribution in [3.8, 4) is 0 Å². The van der Waals surface area contributed by atoms with Gasteiger partial charge < -0.3 is 10.2 Å². The fourth-order valence-electron chi connectivity index (χ4n) is 3.11. The Balaban J connectivity index is 1.90. The van der Waals surface area contributed by atoms with Crippen molar-refractivity contribution < 1.29 is 14.0 Å². The summed E-state index contributed by atoms with van der Waals surface area (Å²) < 4.78 is 5.46. The normalized spacial score (nSPS) is 16.1. The van der Waals surface area contributed by atoms with E-state index in [9.17, 15) is 9.59 Å². The van der Waals surface area contributed by atoms with Crippen LogP contribution in [-0.2, 0) is 4.79 Å². The van der Waals surface area contributed by atoms with E-state index in [1.54, 1.807) is 59.5 Å². The SMILES string of the molecule is NC(=O)c1ccc2c(c1)C(c1ccco1)C(=O)N2c1ccc(Cl)cc1. The first-order chi connectivity index (χ1) is 12.1. The molecule has 6 heteroatoms. The maximum Gasteiger partial charge on any atom is 0.248 e. The molecule has 1 aromatic heterocycles. The molecule has 1 aliphatic heterocycles. The molecule has 1 aliphatic rings. The lowest BCUT2D eigenvalue weighted by Crippen LogP contribution is -2.24. The van der Waals surface area contributed by atoms with E-state index in [1.807, 2.05) is 0 Å². The molecule has 124 valence electrons. The molecule has 2 amide bonds. The van der Waals surface area contributed by atoms with Crippen molar-refractivity contribution in [3.63, 3.8) is 0 Å². The fraction of sp³-hybridized carbons (Fsp3) is 0.0526. The van der Waals surface area contributed by atoms with Gasteiger partial charge in [0.1, 0.15) is 11.7 Å². The predicted octanol–water partition coefficient (Wildman–Crippen LogP) is 3.84. The average molecular weight is 353 g/mol. The van der Waals surface area contributed by atoms with Crippen molar-refractivity contribution in [2.45, 2.75) is 5.92 Å². The number of nitrogens with zero attached hydrogens (tertiary/aromatic N) is 1. The molecule has 2 heterocycles. The minimum absolute atomic E-state index is 0.158. The van der Waals surface area contributed by atoms with Crippen LogP contribution in [0.4, 0.5) is 11.4 Å². The van der Waals surface area contributed by atoms with E-state index >= 15 is 0 Å². The van der Waals surface area contributed by atoms with E-state index in [4.69, 9.17) is 21.8 Å². The monoisotopic (exact) mass is 352 g/mol. The highest BCUT2D eigenvalue weighted by Crippen LogP contribution is 2.45. The highest BCUT2D eigenvalue weighted by atomic mass is 35.5. The van der Waals surface area contributed by atoms with Gasteiger partial charge in [-0.3, -0.25) is 14.5 Å². The summed E-state index contributed by atoms with van der Waals surface area (Å²) in [6.07, 6.45) is 1.52. The molecule has 1 unspecified atom stereocenters. The third-order valence-corrected chi connectivity index (χ3v) is 4.50. The van der Waals surface area contributed by atoms with Gasteiger partial charge in [0.05, 0.1) is 12.0 Å². The first kappa shape index (κ1) is 15.5. The summed E-state index contributed by atoms with van der Waals surface area (Å²) in [7, 11) is 0. The lowest BCUT2D eigenvalue weighted by molar-refractivity contribution is -0.118. The minimum Gasteiger partial charge on any atom is -0.468 e. The summed E-state index contributed by atoms with van der Waals surface area (Å²) in [5, 5.41) is 0.585. The summed E-state index contributed by atoms with van der Waals surface area (Å²) >= 11 is 5.95. The Bertz CT molecular complexity index is 965. The van der Waals surface area contributed by atoms with Gasteiger partial charge in [0.2, 0.25) is 11.8 Å². The number of hydrogen-bond acceptors (Lipinski definition) is 3. The van der Waals surface area contributed by atoms with Crippen LogP contribution in [0.15, 0.2) is 65.3 Å². The number of furan rings is 1. The standard InChI is InChI=1S/C19H13ClN2O3/c20-12-4-6-13(7-5-12)22-15-8-3-11(18(21)23)10-14(15)17(19(22)24)16-2-1-9-25-16/h1-10,17H,(H2,21,23). The molecule has 4 rings (SSSR count). The van der Waals surface area contributed by atoms with Gasteiger partial charge in [-0.2, -0.15) is 0 Å². The summed E-state index contributed by atoms with van der Waals surface area (Å²) in [5.41, 5.74) is 7.81. The number of amides is 2. The topological polar surface area (TPSA) is 76.5 Å². The molecule has 2 aromatic carbocycles. The Labute approximate surface area is 148 Å². The van der Waals surface area contributed by atoms with Crippen LogP contribution in [0.25, 0.3) is 0 Å². The number of carbonyl (C=O) groups is 2. The maximum absolute atomic E-state index is 13.1. The van der Waals surface area contributed by atoms with Gasteiger partial charge in [-0.05, 0) is 60.2 Å². The second-order valence-corrected chi connectivity index (χ2v) is 6.17. The van der Waals surface area contributed by atoms with E-state index in [0.717, 1.165) is 0 Å². The molecule has 0 spiro atoms. The summed E-state index contributed by atoms with van der Waals surface area (Å²) in [6, 6.07) is 15.5. The van der Waals surface area contributed by atoms with Crippen molar-refractivity contribution in [3.05, 3.63) is 82.8 Å². The third-order valence-electron chi connectivity index (χ3n) is 4.24. The van der Waals surface area contributed by atoms with Crippen molar-refractivity contribution in [2.75, 3.05) is 4.90 Å². The second kappa shape index (κ2) is 5.79. The van der Waals surface area contributed by atoms with Crippen LogP contribution in [0.2, 0.25) is 5.02 Å². The van der Waals surface area contributed by atoms with E-state index in [-0.39, 0.29) is 5.91 Å². The molecular weight excluding hydrogens is 340 g/mol. The third kappa shape index (κ3) is 2.49. The summed E-state index contributed by atoms with van der Waals surface area (Å²) in [6.45, 7) is 0. The van der Waals surface area contributed by atoms with Crippen molar-refractivity contribution >= 4 is 34.8 Å². The van der Waals surface area contributed by atoms with Gasteiger partial charge >= 0.3 is 0 Å². The zero-order valence-corrected chi connectivity index (χ0v) is 13.7. The largest absolute Gasteiger partial charge is 0.468 e. The molecule has 0 saturated carbocycles. The molecule has 5 nitrogen and oxygen atoms in total. The van der Waals surface area contributed by atoms with Crippen LogP contribution in [0.3, 0.4) is 0 Å². The molecule has 0 saturated heterocycles. The summed E-state index contributed by atoms with van der Waals surface area (Å²) in [4.78, 5) is 26.3. The highest BCUT2D eigenvalue weighted by molar-refractivity contribution is 6.30. The minimum atomic E-state index is -0.625. The van der Waals surface area contributed by atoms with Gasteiger partial charge in [0, 0.05) is 16.3 Å². The molecule has 0 aliphatic carbocycles. The van der Waals surface area contributed by atoms with Crippen LogP contribution in [0.5, 0.6) is 0 Å². The van der Waals surface area contributed by atoms with Gasteiger partial charge in [0.25, 0.3) is 0 Å². The Morgan fingerprint density at radius 3 is 2.52 bits per heavy atom. The molecule has 1 atom stereocenters. The number of carbonyl (C=O) groups excluding carboxylic acids is 2. The van der Waals surface area contributed by atoms with Gasteiger partial charge in [0.15, 0.2) is 0 Å². The van der Waals surface area contributed by atoms with E-state index in [0.29, 0.717) is 33.3 Å². The summed E-state index contributed by atoms with van der Waals surface area (Å²) in [5.74, 6) is -0.809. The Kier molecular flexibility index (Phi) is 3.58. The molecule has 25 heavy (non-hydrogen) atoms. The van der Waals surface area contributed by atoms with E-state index < -0.39 is 11.8 Å². The number of fused-ring (bicyclic) bond motifs is 1. The first-order valence-electron chi connectivity index (χ1n) is 7.63. The second-order valence-electron chi connectivity index (χ2n) is 5.74. The predicted molar refractivity (Wildman–Crippen MR) is 94.1 cm³/mol. The van der Waals surface area contributed by atoms with Crippen LogP contribution in [-0.4, -0.2) is 11.8 Å². The quantitative estimate of drug-likeness (QED) is 0.778. The van der Waals surface area contributed by atoms with Crippen LogP contribution in [0, 0.1) is 0 Å². The van der Waals surface area contributed by atoms with Gasteiger partial charge in [-0.15, -0.1) is 0 Å².